The molecular formula is C25H51NO3. The SMILES string of the molecule is CCCCCCCCCCCC(O)C(CO)NC(=O)CCCCCCCCCC. The number of carbonyl (C=O) groups excluding carboxylic acids is 1. The lowest BCUT2D eigenvalue weighted by Gasteiger charge is -2.22. The third kappa shape index (κ3) is 19.1. The van der Waals surface area contributed by atoms with Gasteiger partial charge in [-0.05, 0) is 12.8 Å². The van der Waals surface area contributed by atoms with E-state index in [2.05, 4.69) is 19.2 Å². The number of carbonyl (C=O) groups is 1. The molecule has 0 aliphatic rings. The van der Waals surface area contributed by atoms with Crippen molar-refractivity contribution in [1.29, 1.82) is 0 Å². The van der Waals surface area contributed by atoms with Crippen LogP contribution in [0, 0.1) is 0 Å². The Morgan fingerprint density at radius 3 is 1.55 bits per heavy atom. The molecule has 0 aromatic carbocycles. The Labute approximate surface area is 181 Å². The van der Waals surface area contributed by atoms with Gasteiger partial charge in [0, 0.05) is 6.42 Å². The van der Waals surface area contributed by atoms with Crippen molar-refractivity contribution >= 4 is 5.91 Å². The van der Waals surface area contributed by atoms with Gasteiger partial charge in [-0.2, -0.15) is 0 Å². The maximum Gasteiger partial charge on any atom is 0.220 e. The highest BCUT2D eigenvalue weighted by Gasteiger charge is 2.19. The summed E-state index contributed by atoms with van der Waals surface area (Å²) >= 11 is 0. The number of amides is 1. The summed E-state index contributed by atoms with van der Waals surface area (Å²) in [4.78, 5) is 12.1. The van der Waals surface area contributed by atoms with Gasteiger partial charge in [0.25, 0.3) is 0 Å². The molecule has 29 heavy (non-hydrogen) atoms. The van der Waals surface area contributed by atoms with Crippen molar-refractivity contribution in [3.8, 4) is 0 Å². The lowest BCUT2D eigenvalue weighted by Crippen LogP contribution is -2.45. The smallest absolute Gasteiger partial charge is 0.220 e. The molecule has 3 N–H and O–H groups in total. The van der Waals surface area contributed by atoms with Crippen molar-refractivity contribution in [2.24, 2.45) is 0 Å². The van der Waals surface area contributed by atoms with Gasteiger partial charge in [0.15, 0.2) is 0 Å². The van der Waals surface area contributed by atoms with Gasteiger partial charge in [0.05, 0.1) is 18.8 Å². The fraction of sp³-hybridized carbons (Fsp3) is 0.960. The molecule has 0 saturated heterocycles. The number of hydrogen-bond donors (Lipinski definition) is 3. The first kappa shape index (κ1) is 28.4. The number of aliphatic hydroxyl groups excluding tert-OH is 2. The van der Waals surface area contributed by atoms with E-state index >= 15 is 0 Å². The predicted octanol–water partition coefficient (Wildman–Crippen LogP) is 6.28. The van der Waals surface area contributed by atoms with Crippen LogP contribution in [0.1, 0.15) is 136 Å². The Morgan fingerprint density at radius 2 is 1.10 bits per heavy atom. The van der Waals surface area contributed by atoms with Crippen molar-refractivity contribution in [3.05, 3.63) is 0 Å². The second-order valence-corrected chi connectivity index (χ2v) is 8.77. The standard InChI is InChI=1S/C25H51NO3/c1-3-5-7-9-11-13-14-16-18-20-24(28)23(22-27)26-25(29)21-19-17-15-12-10-8-6-4-2/h23-24,27-28H,3-22H2,1-2H3,(H,26,29). The van der Waals surface area contributed by atoms with Gasteiger partial charge in [-0.1, -0.05) is 117 Å². The van der Waals surface area contributed by atoms with E-state index < -0.39 is 12.1 Å². The van der Waals surface area contributed by atoms with E-state index in [0.717, 1.165) is 25.7 Å². The molecule has 1 amide bonds. The van der Waals surface area contributed by atoms with E-state index in [1.54, 1.807) is 0 Å². The van der Waals surface area contributed by atoms with E-state index in [1.807, 2.05) is 0 Å². The Balaban J connectivity index is 3.66. The number of hydrogen-bond acceptors (Lipinski definition) is 3. The Kier molecular flexibility index (Phi) is 21.6. The van der Waals surface area contributed by atoms with Crippen molar-refractivity contribution in [2.75, 3.05) is 6.61 Å². The zero-order chi connectivity index (χ0) is 21.6. The molecule has 4 heteroatoms. The van der Waals surface area contributed by atoms with Crippen LogP contribution in [0.2, 0.25) is 0 Å². The zero-order valence-electron chi connectivity index (χ0n) is 19.6. The van der Waals surface area contributed by atoms with Gasteiger partial charge in [0.1, 0.15) is 0 Å². The quantitative estimate of drug-likeness (QED) is 0.183. The molecule has 0 bridgehead atoms. The number of aliphatic hydroxyl groups is 2. The van der Waals surface area contributed by atoms with Crippen LogP contribution in [-0.4, -0.2) is 34.9 Å². The Hall–Kier alpha value is -0.610. The normalized spacial score (nSPS) is 13.4. The van der Waals surface area contributed by atoms with Gasteiger partial charge in [-0.3, -0.25) is 4.79 Å². The first-order valence-electron chi connectivity index (χ1n) is 12.7. The van der Waals surface area contributed by atoms with Gasteiger partial charge in [-0.15, -0.1) is 0 Å². The monoisotopic (exact) mass is 413 g/mol. The highest BCUT2D eigenvalue weighted by molar-refractivity contribution is 5.76. The second-order valence-electron chi connectivity index (χ2n) is 8.77. The molecule has 0 aliphatic heterocycles. The van der Waals surface area contributed by atoms with Crippen LogP contribution in [0.5, 0.6) is 0 Å². The molecule has 0 spiro atoms. The Morgan fingerprint density at radius 1 is 0.690 bits per heavy atom. The fourth-order valence-electron chi connectivity index (χ4n) is 3.83. The van der Waals surface area contributed by atoms with E-state index in [4.69, 9.17) is 0 Å². The molecular weight excluding hydrogens is 362 g/mol. The fourth-order valence-corrected chi connectivity index (χ4v) is 3.83. The molecule has 2 unspecified atom stereocenters. The molecule has 174 valence electrons. The van der Waals surface area contributed by atoms with Crippen LogP contribution < -0.4 is 5.32 Å². The maximum atomic E-state index is 12.1. The average molecular weight is 414 g/mol. The van der Waals surface area contributed by atoms with E-state index in [-0.39, 0.29) is 12.5 Å². The lowest BCUT2D eigenvalue weighted by atomic mass is 10.0. The number of rotatable bonds is 22. The summed E-state index contributed by atoms with van der Waals surface area (Å²) in [7, 11) is 0. The summed E-state index contributed by atoms with van der Waals surface area (Å²) < 4.78 is 0. The topological polar surface area (TPSA) is 69.6 Å². The predicted molar refractivity (Wildman–Crippen MR) is 124 cm³/mol. The summed E-state index contributed by atoms with van der Waals surface area (Å²) in [5, 5.41) is 22.6. The molecule has 2 atom stereocenters. The maximum absolute atomic E-state index is 12.1. The summed E-state index contributed by atoms with van der Waals surface area (Å²) in [5.74, 6) is -0.0406. The molecule has 0 aromatic heterocycles. The minimum Gasteiger partial charge on any atom is -0.394 e. The lowest BCUT2D eigenvalue weighted by molar-refractivity contribution is -0.123. The van der Waals surface area contributed by atoms with E-state index in [1.165, 1.54) is 83.5 Å². The average Bonchev–Trinajstić information content (AvgIpc) is 2.72. The third-order valence-electron chi connectivity index (χ3n) is 5.87. The van der Waals surface area contributed by atoms with Gasteiger partial charge < -0.3 is 15.5 Å². The molecule has 0 radical (unpaired) electrons. The Bertz CT molecular complexity index is 349. The molecule has 0 fully saturated rings. The molecule has 0 saturated carbocycles. The van der Waals surface area contributed by atoms with Crippen LogP contribution in [0.3, 0.4) is 0 Å². The van der Waals surface area contributed by atoms with Crippen molar-refractivity contribution < 1.29 is 15.0 Å². The third-order valence-corrected chi connectivity index (χ3v) is 5.87. The summed E-state index contributed by atoms with van der Waals surface area (Å²) in [5.41, 5.74) is 0. The first-order chi connectivity index (χ1) is 14.2. The van der Waals surface area contributed by atoms with Crippen LogP contribution in [0.25, 0.3) is 0 Å². The molecule has 0 aromatic rings. The van der Waals surface area contributed by atoms with Gasteiger partial charge in [0.2, 0.25) is 5.91 Å². The van der Waals surface area contributed by atoms with Crippen LogP contribution in [0.4, 0.5) is 0 Å². The van der Waals surface area contributed by atoms with Gasteiger partial charge in [-0.25, -0.2) is 0 Å². The summed E-state index contributed by atoms with van der Waals surface area (Å²) in [6.07, 6.45) is 21.4. The van der Waals surface area contributed by atoms with Crippen LogP contribution in [-0.2, 0) is 4.79 Å². The summed E-state index contributed by atoms with van der Waals surface area (Å²) in [6.45, 7) is 4.28. The number of nitrogens with one attached hydrogen (secondary N) is 1. The number of unbranched alkanes of at least 4 members (excludes halogenated alkanes) is 15. The highest BCUT2D eigenvalue weighted by atomic mass is 16.3. The summed E-state index contributed by atoms with van der Waals surface area (Å²) in [6, 6.07) is -0.523. The molecule has 0 heterocycles. The zero-order valence-corrected chi connectivity index (χ0v) is 19.6. The van der Waals surface area contributed by atoms with E-state index in [9.17, 15) is 15.0 Å². The van der Waals surface area contributed by atoms with Crippen molar-refractivity contribution in [3.63, 3.8) is 0 Å². The van der Waals surface area contributed by atoms with Crippen molar-refractivity contribution in [2.45, 2.75) is 148 Å². The van der Waals surface area contributed by atoms with E-state index in [0.29, 0.717) is 12.8 Å². The van der Waals surface area contributed by atoms with Gasteiger partial charge >= 0.3 is 0 Å². The molecule has 0 aliphatic carbocycles. The minimum absolute atomic E-state index is 0.0406. The van der Waals surface area contributed by atoms with Crippen molar-refractivity contribution in [1.82, 2.24) is 5.32 Å². The largest absolute Gasteiger partial charge is 0.394 e. The highest BCUT2D eigenvalue weighted by Crippen LogP contribution is 2.13. The van der Waals surface area contributed by atoms with Crippen LogP contribution in [0.15, 0.2) is 0 Å². The second kappa shape index (κ2) is 22.1. The molecule has 4 nitrogen and oxygen atoms in total. The first-order valence-corrected chi connectivity index (χ1v) is 12.7. The molecule has 0 rings (SSSR count). The van der Waals surface area contributed by atoms with Crippen LogP contribution >= 0.6 is 0 Å². The minimum atomic E-state index is -0.646.